The van der Waals surface area contributed by atoms with Crippen LogP contribution in [-0.2, 0) is 0 Å². The van der Waals surface area contributed by atoms with Gasteiger partial charge in [-0.1, -0.05) is 23.2 Å². The topological polar surface area (TPSA) is 58.6 Å². The minimum atomic E-state index is -0.325. The van der Waals surface area contributed by atoms with Crippen molar-refractivity contribution in [3.8, 4) is 10.6 Å². The summed E-state index contributed by atoms with van der Waals surface area (Å²) in [5, 5.41) is 3.66. The first-order valence-corrected chi connectivity index (χ1v) is 9.42. The van der Waals surface area contributed by atoms with E-state index >= 15 is 0 Å². The fourth-order valence-electron chi connectivity index (χ4n) is 2.50. The second-order valence-electron chi connectivity index (χ2n) is 5.65. The average molecular weight is 418 g/mol. The lowest BCUT2D eigenvalue weighted by Gasteiger charge is -2.02. The highest BCUT2D eigenvalue weighted by Crippen LogP contribution is 2.27. The highest BCUT2D eigenvalue weighted by atomic mass is 35.5. The number of fused-ring (bicyclic) bond motifs is 1. The van der Waals surface area contributed by atoms with E-state index in [4.69, 9.17) is 23.2 Å². The summed E-state index contributed by atoms with van der Waals surface area (Å²) >= 11 is 13.7. The van der Waals surface area contributed by atoms with Crippen molar-refractivity contribution in [2.45, 2.75) is 0 Å². The third-order valence-corrected chi connectivity index (χ3v) is 5.21. The van der Waals surface area contributed by atoms with Gasteiger partial charge in [0.1, 0.15) is 10.8 Å². The van der Waals surface area contributed by atoms with E-state index in [-0.39, 0.29) is 22.2 Å². The van der Waals surface area contributed by atoms with Gasteiger partial charge in [-0.3, -0.25) is 4.79 Å². The molecule has 0 spiro atoms. The molecule has 0 aliphatic carbocycles. The molecule has 0 fully saturated rings. The minimum Gasteiger partial charge on any atom is -0.305 e. The summed E-state index contributed by atoms with van der Waals surface area (Å²) in [5.41, 5.74) is 1.60. The van der Waals surface area contributed by atoms with E-state index in [9.17, 15) is 9.18 Å². The molecule has 4 aromatic rings. The zero-order valence-corrected chi connectivity index (χ0v) is 15.9. The number of H-pyrrole nitrogens is 1. The Hall–Kier alpha value is -2.54. The van der Waals surface area contributed by atoms with E-state index < -0.39 is 0 Å². The number of hydrogen-bond donors (Lipinski definition) is 1. The molecule has 0 aliphatic heterocycles. The largest absolute Gasteiger partial charge is 0.305 e. The summed E-state index contributed by atoms with van der Waals surface area (Å²) in [4.78, 5) is 23.7. The van der Waals surface area contributed by atoms with Crippen molar-refractivity contribution in [2.75, 3.05) is 0 Å². The number of thiazole rings is 1. The normalized spacial score (nSPS) is 11.9. The minimum absolute atomic E-state index is 0.243. The smallest absolute Gasteiger partial charge is 0.259 e. The molecular formula is C19H10Cl2FN3OS. The Labute approximate surface area is 167 Å². The molecule has 2 aromatic heterocycles. The Morgan fingerprint density at radius 1 is 1.15 bits per heavy atom. The maximum absolute atomic E-state index is 13.0. The molecule has 134 valence electrons. The van der Waals surface area contributed by atoms with E-state index in [1.165, 1.54) is 23.5 Å². The van der Waals surface area contributed by atoms with Crippen LogP contribution in [-0.4, -0.2) is 15.0 Å². The van der Waals surface area contributed by atoms with Crippen LogP contribution in [0.3, 0.4) is 0 Å². The number of rotatable bonds is 3. The van der Waals surface area contributed by atoms with E-state index in [1.54, 1.807) is 36.4 Å². The molecule has 2 aromatic carbocycles. The average Bonchev–Trinajstić information content (AvgIpc) is 3.11. The Bertz CT molecular complexity index is 1230. The number of benzene rings is 2. The Balaban J connectivity index is 1.68. The summed E-state index contributed by atoms with van der Waals surface area (Å²) in [7, 11) is 0. The second kappa shape index (κ2) is 7.23. The van der Waals surface area contributed by atoms with Crippen LogP contribution in [0.1, 0.15) is 11.5 Å². The highest BCUT2D eigenvalue weighted by Gasteiger charge is 2.09. The molecule has 0 radical (unpaired) electrons. The lowest BCUT2D eigenvalue weighted by molar-refractivity contribution is 0.628. The van der Waals surface area contributed by atoms with E-state index in [0.29, 0.717) is 21.6 Å². The third-order valence-electron chi connectivity index (χ3n) is 3.78. The van der Waals surface area contributed by atoms with Gasteiger partial charge in [0.05, 0.1) is 21.6 Å². The van der Waals surface area contributed by atoms with Crippen LogP contribution in [0.2, 0.25) is 5.02 Å². The SMILES string of the molecule is O=c1[nH]c(/C(Cl)=C/c2csc(-c3ccc(F)cc3)n2)nc2ccc(Cl)cc12. The van der Waals surface area contributed by atoms with Crippen molar-refractivity contribution in [1.82, 2.24) is 15.0 Å². The molecule has 1 N–H and O–H groups in total. The van der Waals surface area contributed by atoms with Crippen molar-refractivity contribution in [2.24, 2.45) is 0 Å². The fraction of sp³-hybridized carbons (Fsp3) is 0. The van der Waals surface area contributed by atoms with Crippen LogP contribution < -0.4 is 5.56 Å². The van der Waals surface area contributed by atoms with Crippen LogP contribution in [0.15, 0.2) is 52.6 Å². The quantitative estimate of drug-likeness (QED) is 0.473. The molecule has 0 amide bonds. The molecule has 27 heavy (non-hydrogen) atoms. The zero-order chi connectivity index (χ0) is 19.0. The lowest BCUT2D eigenvalue weighted by Crippen LogP contribution is -2.10. The first-order valence-electron chi connectivity index (χ1n) is 7.78. The zero-order valence-electron chi connectivity index (χ0n) is 13.5. The lowest BCUT2D eigenvalue weighted by atomic mass is 10.2. The summed E-state index contributed by atoms with van der Waals surface area (Å²) in [5.74, 6) is -0.0566. The Kier molecular flexibility index (Phi) is 4.78. The van der Waals surface area contributed by atoms with Gasteiger partial charge in [0.25, 0.3) is 5.56 Å². The van der Waals surface area contributed by atoms with Gasteiger partial charge in [-0.15, -0.1) is 11.3 Å². The van der Waals surface area contributed by atoms with Gasteiger partial charge in [-0.25, -0.2) is 14.4 Å². The number of nitrogens with one attached hydrogen (secondary N) is 1. The Morgan fingerprint density at radius 2 is 1.93 bits per heavy atom. The van der Waals surface area contributed by atoms with Crippen LogP contribution in [0.5, 0.6) is 0 Å². The van der Waals surface area contributed by atoms with Crippen molar-refractivity contribution >= 4 is 56.5 Å². The van der Waals surface area contributed by atoms with Gasteiger partial charge in [0.2, 0.25) is 0 Å². The molecule has 8 heteroatoms. The summed E-state index contributed by atoms with van der Waals surface area (Å²) < 4.78 is 13.0. The molecular weight excluding hydrogens is 408 g/mol. The van der Waals surface area contributed by atoms with E-state index in [0.717, 1.165) is 10.6 Å². The summed E-state index contributed by atoms with van der Waals surface area (Å²) in [6.07, 6.45) is 1.62. The highest BCUT2D eigenvalue weighted by molar-refractivity contribution is 7.13. The molecule has 0 bridgehead atoms. The van der Waals surface area contributed by atoms with Gasteiger partial charge >= 0.3 is 0 Å². The second-order valence-corrected chi connectivity index (χ2v) is 7.35. The van der Waals surface area contributed by atoms with Crippen LogP contribution in [0.4, 0.5) is 4.39 Å². The van der Waals surface area contributed by atoms with Crippen molar-refractivity contribution in [3.63, 3.8) is 0 Å². The molecule has 0 unspecified atom stereocenters. The predicted molar refractivity (Wildman–Crippen MR) is 109 cm³/mol. The van der Waals surface area contributed by atoms with Crippen LogP contribution in [0.25, 0.3) is 32.6 Å². The van der Waals surface area contributed by atoms with Crippen molar-refractivity contribution in [3.05, 3.63) is 80.6 Å². The predicted octanol–water partition coefficient (Wildman–Crippen LogP) is 5.58. The van der Waals surface area contributed by atoms with Gasteiger partial charge < -0.3 is 4.98 Å². The third kappa shape index (κ3) is 3.78. The standard InChI is InChI=1S/C19H10Cl2FN3OS/c20-11-3-6-16-14(7-11)18(26)25-17(24-16)15(21)8-13-9-27-19(23-13)10-1-4-12(22)5-2-10/h1-9H,(H,24,25,26)/b15-8-. The van der Waals surface area contributed by atoms with E-state index in [2.05, 4.69) is 15.0 Å². The van der Waals surface area contributed by atoms with E-state index in [1.807, 2.05) is 5.38 Å². The fourth-order valence-corrected chi connectivity index (χ4v) is 3.66. The number of aromatic nitrogens is 3. The number of nitrogens with zero attached hydrogens (tertiary/aromatic N) is 2. The van der Waals surface area contributed by atoms with Gasteiger partial charge in [0, 0.05) is 16.0 Å². The summed E-state index contributed by atoms with van der Waals surface area (Å²) in [6, 6.07) is 11.0. The van der Waals surface area contributed by atoms with Gasteiger partial charge in [-0.05, 0) is 48.5 Å². The van der Waals surface area contributed by atoms with Crippen molar-refractivity contribution < 1.29 is 4.39 Å². The molecule has 0 saturated heterocycles. The number of aromatic amines is 1. The molecule has 0 aliphatic rings. The van der Waals surface area contributed by atoms with Crippen molar-refractivity contribution in [1.29, 1.82) is 0 Å². The number of halogens is 3. The Morgan fingerprint density at radius 3 is 2.70 bits per heavy atom. The van der Waals surface area contributed by atoms with Crippen LogP contribution >= 0.6 is 34.5 Å². The van der Waals surface area contributed by atoms with Gasteiger partial charge in [0.15, 0.2) is 5.82 Å². The molecule has 4 nitrogen and oxygen atoms in total. The van der Waals surface area contributed by atoms with Gasteiger partial charge in [-0.2, -0.15) is 0 Å². The molecule has 0 atom stereocenters. The first-order chi connectivity index (χ1) is 13.0. The maximum atomic E-state index is 13.0. The summed E-state index contributed by atoms with van der Waals surface area (Å²) in [6.45, 7) is 0. The monoisotopic (exact) mass is 417 g/mol. The number of hydrogen-bond acceptors (Lipinski definition) is 4. The first kappa shape index (κ1) is 17.9. The molecule has 0 saturated carbocycles. The maximum Gasteiger partial charge on any atom is 0.259 e. The molecule has 2 heterocycles. The molecule has 4 rings (SSSR count). The van der Waals surface area contributed by atoms with Crippen LogP contribution in [0, 0.1) is 5.82 Å².